The predicted octanol–water partition coefficient (Wildman–Crippen LogP) is 4.62. The second kappa shape index (κ2) is 8.01. The van der Waals surface area contributed by atoms with Crippen LogP contribution < -0.4 is 0 Å². The molecule has 0 aliphatic heterocycles. The SMILES string of the molecule is C=C/C=C\C(=N)c1cc(-c2ccc(C(=O)O)cc2)cc(-c2ccccn2)n1. The highest BCUT2D eigenvalue weighted by molar-refractivity contribution is 6.06. The van der Waals surface area contributed by atoms with E-state index in [1.54, 1.807) is 54.8 Å². The van der Waals surface area contributed by atoms with Crippen LogP contribution in [-0.4, -0.2) is 26.8 Å². The molecule has 27 heavy (non-hydrogen) atoms. The van der Waals surface area contributed by atoms with Gasteiger partial charge in [-0.3, -0.25) is 10.4 Å². The zero-order valence-corrected chi connectivity index (χ0v) is 14.5. The molecule has 2 aromatic heterocycles. The summed E-state index contributed by atoms with van der Waals surface area (Å²) in [6, 6.07) is 15.8. The maximum atomic E-state index is 11.1. The van der Waals surface area contributed by atoms with Crippen molar-refractivity contribution in [3.8, 4) is 22.5 Å². The highest BCUT2D eigenvalue weighted by atomic mass is 16.4. The number of hydrogen-bond donors (Lipinski definition) is 2. The number of nitrogens with one attached hydrogen (secondary N) is 1. The molecule has 0 saturated carbocycles. The van der Waals surface area contributed by atoms with E-state index in [0.717, 1.165) is 11.1 Å². The Labute approximate surface area is 156 Å². The van der Waals surface area contributed by atoms with E-state index in [-0.39, 0.29) is 11.3 Å². The summed E-state index contributed by atoms with van der Waals surface area (Å²) >= 11 is 0. The topological polar surface area (TPSA) is 86.9 Å². The van der Waals surface area contributed by atoms with Gasteiger partial charge in [0.1, 0.15) is 0 Å². The zero-order chi connectivity index (χ0) is 19.2. The molecular formula is C22H17N3O2. The van der Waals surface area contributed by atoms with Gasteiger partial charge in [0.15, 0.2) is 0 Å². The molecule has 0 aliphatic rings. The van der Waals surface area contributed by atoms with Crippen molar-refractivity contribution >= 4 is 11.7 Å². The number of pyridine rings is 2. The predicted molar refractivity (Wildman–Crippen MR) is 106 cm³/mol. The molecule has 0 fully saturated rings. The highest BCUT2D eigenvalue weighted by Crippen LogP contribution is 2.26. The Bertz CT molecular complexity index is 1020. The van der Waals surface area contributed by atoms with Crippen LogP contribution in [0, 0.1) is 5.41 Å². The van der Waals surface area contributed by atoms with E-state index in [1.807, 2.05) is 24.3 Å². The lowest BCUT2D eigenvalue weighted by molar-refractivity contribution is 0.0697. The summed E-state index contributed by atoms with van der Waals surface area (Å²) in [6.45, 7) is 3.62. The van der Waals surface area contributed by atoms with Crippen LogP contribution in [0.4, 0.5) is 0 Å². The minimum Gasteiger partial charge on any atom is -0.478 e. The molecule has 3 aromatic rings. The zero-order valence-electron chi connectivity index (χ0n) is 14.5. The molecule has 5 nitrogen and oxygen atoms in total. The molecule has 0 radical (unpaired) electrons. The van der Waals surface area contributed by atoms with E-state index in [0.29, 0.717) is 17.1 Å². The first-order valence-corrected chi connectivity index (χ1v) is 8.24. The van der Waals surface area contributed by atoms with Crippen molar-refractivity contribution in [3.63, 3.8) is 0 Å². The number of allylic oxidation sites excluding steroid dienone is 3. The standard InChI is InChI=1S/C22H17N3O2/c1-2-3-6-18(23)20-13-17(15-8-10-16(11-9-15)22(26)27)14-21(25-20)19-7-4-5-12-24-19/h2-14,23H,1H2,(H,26,27)/b6-3-,23-18?. The van der Waals surface area contributed by atoms with Crippen molar-refractivity contribution in [3.05, 3.63) is 96.9 Å². The summed E-state index contributed by atoms with van der Waals surface area (Å²) in [5, 5.41) is 17.3. The molecule has 132 valence electrons. The van der Waals surface area contributed by atoms with Crippen LogP contribution in [-0.2, 0) is 0 Å². The Morgan fingerprint density at radius 3 is 2.44 bits per heavy atom. The fourth-order valence-corrected chi connectivity index (χ4v) is 2.54. The fourth-order valence-electron chi connectivity index (χ4n) is 2.54. The minimum atomic E-state index is -0.970. The van der Waals surface area contributed by atoms with Crippen LogP contribution in [0.25, 0.3) is 22.5 Å². The minimum absolute atomic E-state index is 0.222. The van der Waals surface area contributed by atoms with E-state index < -0.39 is 5.97 Å². The number of rotatable bonds is 6. The van der Waals surface area contributed by atoms with Gasteiger partial charge < -0.3 is 5.11 Å². The number of hydrogen-bond acceptors (Lipinski definition) is 4. The second-order valence-corrected chi connectivity index (χ2v) is 5.73. The Morgan fingerprint density at radius 1 is 1.04 bits per heavy atom. The van der Waals surface area contributed by atoms with Gasteiger partial charge in [0.25, 0.3) is 0 Å². The number of benzene rings is 1. The van der Waals surface area contributed by atoms with Gasteiger partial charge in [-0.15, -0.1) is 0 Å². The molecule has 0 unspecified atom stereocenters. The lowest BCUT2D eigenvalue weighted by atomic mass is 10.0. The summed E-state index contributed by atoms with van der Waals surface area (Å²) in [6.07, 6.45) is 6.59. The van der Waals surface area contributed by atoms with Gasteiger partial charge >= 0.3 is 5.97 Å². The van der Waals surface area contributed by atoms with Gasteiger partial charge in [0.2, 0.25) is 0 Å². The molecule has 0 amide bonds. The third-order valence-corrected chi connectivity index (χ3v) is 3.89. The molecule has 2 heterocycles. The second-order valence-electron chi connectivity index (χ2n) is 5.73. The largest absolute Gasteiger partial charge is 0.478 e. The van der Waals surface area contributed by atoms with E-state index in [9.17, 15) is 4.79 Å². The molecule has 0 aliphatic carbocycles. The molecule has 0 bridgehead atoms. The molecular weight excluding hydrogens is 338 g/mol. The molecule has 5 heteroatoms. The summed E-state index contributed by atoms with van der Waals surface area (Å²) in [5.74, 6) is -0.970. The number of carboxylic acid groups (broad SMARTS) is 1. The molecule has 0 spiro atoms. The molecule has 2 N–H and O–H groups in total. The van der Waals surface area contributed by atoms with Crippen LogP contribution in [0.15, 0.2) is 85.6 Å². The maximum Gasteiger partial charge on any atom is 0.335 e. The lowest BCUT2D eigenvalue weighted by Crippen LogP contribution is -2.02. The molecule has 1 aromatic carbocycles. The first kappa shape index (κ1) is 17.9. The van der Waals surface area contributed by atoms with Crippen LogP contribution in [0.3, 0.4) is 0 Å². The van der Waals surface area contributed by atoms with E-state index >= 15 is 0 Å². The Balaban J connectivity index is 2.12. The van der Waals surface area contributed by atoms with Gasteiger partial charge in [-0.2, -0.15) is 0 Å². The summed E-state index contributed by atoms with van der Waals surface area (Å²) in [7, 11) is 0. The van der Waals surface area contributed by atoms with Gasteiger partial charge in [0.05, 0.1) is 28.4 Å². The Morgan fingerprint density at radius 2 is 1.81 bits per heavy atom. The van der Waals surface area contributed by atoms with Crippen molar-refractivity contribution in [2.45, 2.75) is 0 Å². The molecule has 0 saturated heterocycles. The number of aromatic nitrogens is 2. The number of aromatic carboxylic acids is 1. The van der Waals surface area contributed by atoms with Crippen LogP contribution in [0.5, 0.6) is 0 Å². The van der Waals surface area contributed by atoms with Crippen molar-refractivity contribution in [1.29, 1.82) is 5.41 Å². The van der Waals surface area contributed by atoms with Gasteiger partial charge in [0, 0.05) is 6.20 Å². The van der Waals surface area contributed by atoms with Crippen molar-refractivity contribution < 1.29 is 9.90 Å². The van der Waals surface area contributed by atoms with E-state index in [4.69, 9.17) is 10.5 Å². The fraction of sp³-hybridized carbons (Fsp3) is 0. The van der Waals surface area contributed by atoms with Crippen molar-refractivity contribution in [1.82, 2.24) is 9.97 Å². The third kappa shape index (κ3) is 4.22. The lowest BCUT2D eigenvalue weighted by Gasteiger charge is -2.09. The smallest absolute Gasteiger partial charge is 0.335 e. The van der Waals surface area contributed by atoms with Gasteiger partial charge in [-0.1, -0.05) is 36.9 Å². The Hall–Kier alpha value is -3.86. The molecule has 0 atom stereocenters. The highest BCUT2D eigenvalue weighted by Gasteiger charge is 2.11. The maximum absolute atomic E-state index is 11.1. The van der Waals surface area contributed by atoms with E-state index in [2.05, 4.69) is 16.5 Å². The third-order valence-electron chi connectivity index (χ3n) is 3.89. The molecule has 3 rings (SSSR count). The number of carboxylic acids is 1. The number of carbonyl (C=O) groups is 1. The van der Waals surface area contributed by atoms with Crippen LogP contribution >= 0.6 is 0 Å². The summed E-state index contributed by atoms with van der Waals surface area (Å²) < 4.78 is 0. The van der Waals surface area contributed by atoms with E-state index in [1.165, 1.54) is 0 Å². The van der Waals surface area contributed by atoms with Crippen molar-refractivity contribution in [2.75, 3.05) is 0 Å². The monoisotopic (exact) mass is 355 g/mol. The Kier molecular flexibility index (Phi) is 5.33. The number of nitrogens with zero attached hydrogens (tertiary/aromatic N) is 2. The first-order chi connectivity index (χ1) is 13.1. The normalized spacial score (nSPS) is 10.7. The first-order valence-electron chi connectivity index (χ1n) is 8.24. The quantitative estimate of drug-likeness (QED) is 0.499. The van der Waals surface area contributed by atoms with Crippen LogP contribution in [0.2, 0.25) is 0 Å². The van der Waals surface area contributed by atoms with Crippen LogP contribution in [0.1, 0.15) is 16.1 Å². The average molecular weight is 355 g/mol. The summed E-state index contributed by atoms with van der Waals surface area (Å²) in [4.78, 5) is 20.0. The van der Waals surface area contributed by atoms with Gasteiger partial charge in [-0.05, 0) is 53.6 Å². The van der Waals surface area contributed by atoms with Gasteiger partial charge in [-0.25, -0.2) is 9.78 Å². The summed E-state index contributed by atoms with van der Waals surface area (Å²) in [5.41, 5.74) is 3.96. The average Bonchev–Trinajstić information content (AvgIpc) is 2.72. The van der Waals surface area contributed by atoms with Crippen molar-refractivity contribution in [2.24, 2.45) is 0 Å².